The predicted octanol–water partition coefficient (Wildman–Crippen LogP) is 2.29. The molecule has 0 unspecified atom stereocenters. The highest BCUT2D eigenvalue weighted by molar-refractivity contribution is 8.01. The highest BCUT2D eigenvalue weighted by Gasteiger charge is 2.31. The molecule has 0 aromatic heterocycles. The van der Waals surface area contributed by atoms with E-state index in [2.05, 4.69) is 5.32 Å². The van der Waals surface area contributed by atoms with Crippen LogP contribution in [0, 0.1) is 0 Å². The molecular weight excluding hydrogens is 452 g/mol. The van der Waals surface area contributed by atoms with Crippen LogP contribution in [0.4, 0.5) is 5.69 Å². The predicted molar refractivity (Wildman–Crippen MR) is 120 cm³/mol. The number of hydrogen-bond acceptors (Lipinski definition) is 7. The maximum Gasteiger partial charge on any atom is 0.320 e. The molecule has 2 aromatic carbocycles. The number of nitrogens with one attached hydrogen (secondary N) is 1. The second-order valence-electron chi connectivity index (χ2n) is 7.53. The molecule has 0 radical (unpaired) electrons. The summed E-state index contributed by atoms with van der Waals surface area (Å²) < 4.78 is 37.3. The number of thioether (sulfide) groups is 1. The van der Waals surface area contributed by atoms with Crippen molar-refractivity contribution < 1.29 is 27.5 Å². The zero-order valence-corrected chi connectivity index (χ0v) is 19.2. The minimum atomic E-state index is -3.60. The molecular formula is C22H24N2O6S2. The molecule has 1 fully saturated rings. The number of carbonyl (C=O) groups excluding carboxylic acids is 2. The lowest BCUT2D eigenvalue weighted by Crippen LogP contribution is -2.40. The van der Waals surface area contributed by atoms with Crippen molar-refractivity contribution in [3.8, 4) is 0 Å². The van der Waals surface area contributed by atoms with Gasteiger partial charge < -0.3 is 14.8 Å². The summed E-state index contributed by atoms with van der Waals surface area (Å²) in [4.78, 5) is 26.2. The van der Waals surface area contributed by atoms with Crippen LogP contribution in [0.2, 0.25) is 0 Å². The number of benzene rings is 2. The van der Waals surface area contributed by atoms with Gasteiger partial charge in [0.05, 0.1) is 18.1 Å². The van der Waals surface area contributed by atoms with E-state index in [1.165, 1.54) is 47.3 Å². The van der Waals surface area contributed by atoms with Crippen molar-refractivity contribution in [3.63, 3.8) is 0 Å². The zero-order chi connectivity index (χ0) is 22.7. The molecule has 2 aliphatic heterocycles. The third-order valence-electron chi connectivity index (χ3n) is 5.30. The monoisotopic (exact) mass is 476 g/mol. The van der Waals surface area contributed by atoms with E-state index in [0.29, 0.717) is 38.4 Å². The lowest BCUT2D eigenvalue weighted by Gasteiger charge is -2.26. The second-order valence-corrected chi connectivity index (χ2v) is 10.7. The van der Waals surface area contributed by atoms with Crippen LogP contribution in [-0.2, 0) is 35.5 Å². The van der Waals surface area contributed by atoms with Gasteiger partial charge in [0.1, 0.15) is 5.25 Å². The number of nitrogens with zero attached hydrogens (tertiary/aromatic N) is 1. The Morgan fingerprint density at radius 1 is 1.12 bits per heavy atom. The molecule has 0 saturated carbocycles. The van der Waals surface area contributed by atoms with Gasteiger partial charge in [-0.2, -0.15) is 4.31 Å². The normalized spacial score (nSPS) is 19.7. The zero-order valence-electron chi connectivity index (χ0n) is 17.5. The number of fused-ring (bicyclic) bond motifs is 1. The van der Waals surface area contributed by atoms with Gasteiger partial charge in [-0.05, 0) is 49.2 Å². The van der Waals surface area contributed by atoms with Crippen molar-refractivity contribution in [1.29, 1.82) is 0 Å². The minimum absolute atomic E-state index is 0.148. The van der Waals surface area contributed by atoms with Crippen molar-refractivity contribution in [2.45, 2.75) is 34.5 Å². The van der Waals surface area contributed by atoms with Gasteiger partial charge in [-0.3, -0.25) is 9.59 Å². The summed E-state index contributed by atoms with van der Waals surface area (Å²) in [7, 11) is -3.60. The molecule has 2 aliphatic rings. The van der Waals surface area contributed by atoms with Crippen molar-refractivity contribution >= 4 is 39.3 Å². The molecule has 32 heavy (non-hydrogen) atoms. The Hall–Kier alpha value is -2.40. The van der Waals surface area contributed by atoms with Crippen molar-refractivity contribution in [2.24, 2.45) is 0 Å². The highest BCUT2D eigenvalue weighted by Crippen LogP contribution is 2.37. The van der Waals surface area contributed by atoms with Crippen molar-refractivity contribution in [2.75, 3.05) is 31.6 Å². The van der Waals surface area contributed by atoms with Crippen LogP contribution in [0.15, 0.2) is 58.3 Å². The first-order valence-corrected chi connectivity index (χ1v) is 12.6. The first kappa shape index (κ1) is 22.8. The van der Waals surface area contributed by atoms with Crippen LogP contribution in [-0.4, -0.2) is 62.3 Å². The number of esters is 1. The number of rotatable bonds is 6. The summed E-state index contributed by atoms with van der Waals surface area (Å²) in [6, 6.07) is 13.7. The van der Waals surface area contributed by atoms with Crippen LogP contribution in [0.3, 0.4) is 0 Å². The van der Waals surface area contributed by atoms with Crippen LogP contribution in [0.5, 0.6) is 0 Å². The quantitative estimate of drug-likeness (QED) is 0.638. The molecule has 2 heterocycles. The molecule has 170 valence electrons. The van der Waals surface area contributed by atoms with Crippen LogP contribution in [0.25, 0.3) is 0 Å². The number of carbonyl (C=O) groups is 2. The molecule has 1 saturated heterocycles. The van der Waals surface area contributed by atoms with Gasteiger partial charge in [0, 0.05) is 23.7 Å². The van der Waals surface area contributed by atoms with Gasteiger partial charge in [0.2, 0.25) is 10.0 Å². The summed E-state index contributed by atoms with van der Waals surface area (Å²) in [6.07, 6.45) is -0.406. The number of hydrogen-bond donors (Lipinski definition) is 1. The molecule has 0 aliphatic carbocycles. The SMILES string of the molecule is C[C@H](OC(=O)[C@H]1Cc2ccccc2S1)C(=O)Nc1ccc(S(=O)(=O)N2CCOCC2)cc1. The van der Waals surface area contributed by atoms with Gasteiger partial charge in [-0.25, -0.2) is 8.42 Å². The molecule has 8 nitrogen and oxygen atoms in total. The van der Waals surface area contributed by atoms with Crippen molar-refractivity contribution in [1.82, 2.24) is 4.31 Å². The molecule has 1 amide bonds. The van der Waals surface area contributed by atoms with E-state index < -0.39 is 28.0 Å². The van der Waals surface area contributed by atoms with Gasteiger partial charge in [0.15, 0.2) is 6.10 Å². The Kier molecular flexibility index (Phi) is 6.85. The van der Waals surface area contributed by atoms with Gasteiger partial charge in [-0.1, -0.05) is 18.2 Å². The Bertz CT molecular complexity index is 1070. The Balaban J connectivity index is 1.32. The molecule has 4 rings (SSSR count). The average Bonchev–Trinajstić information content (AvgIpc) is 3.24. The Labute approximate surface area is 191 Å². The van der Waals surface area contributed by atoms with E-state index in [-0.39, 0.29) is 10.1 Å². The molecule has 10 heteroatoms. The number of morpholine rings is 1. The van der Waals surface area contributed by atoms with E-state index in [1.54, 1.807) is 0 Å². The standard InChI is InChI=1S/C22H24N2O6S2/c1-15(30-22(26)20-14-16-4-2-3-5-19(16)31-20)21(25)23-17-6-8-18(9-7-17)32(27,28)24-10-12-29-13-11-24/h2-9,15,20H,10-14H2,1H3,(H,23,25)/t15-,20+/m0/s1. The third-order valence-corrected chi connectivity index (χ3v) is 8.51. The molecule has 2 atom stereocenters. The lowest BCUT2D eigenvalue weighted by atomic mass is 10.1. The van der Waals surface area contributed by atoms with Crippen molar-refractivity contribution in [3.05, 3.63) is 54.1 Å². The molecule has 0 spiro atoms. The fraction of sp³-hybridized carbons (Fsp3) is 0.364. The van der Waals surface area contributed by atoms with Gasteiger partial charge in [0.25, 0.3) is 5.91 Å². The number of amides is 1. The maximum absolute atomic E-state index is 12.7. The van der Waals surface area contributed by atoms with Crippen LogP contribution < -0.4 is 5.32 Å². The molecule has 2 aromatic rings. The number of sulfonamides is 1. The van der Waals surface area contributed by atoms with E-state index in [4.69, 9.17) is 9.47 Å². The summed E-state index contributed by atoms with van der Waals surface area (Å²) in [5, 5.41) is 2.29. The smallest absolute Gasteiger partial charge is 0.320 e. The first-order valence-electron chi connectivity index (χ1n) is 10.3. The second kappa shape index (κ2) is 9.62. The van der Waals surface area contributed by atoms with E-state index >= 15 is 0 Å². The van der Waals surface area contributed by atoms with Gasteiger partial charge >= 0.3 is 5.97 Å². The van der Waals surface area contributed by atoms with Gasteiger partial charge in [-0.15, -0.1) is 11.8 Å². The maximum atomic E-state index is 12.7. The third kappa shape index (κ3) is 4.98. The summed E-state index contributed by atoms with van der Waals surface area (Å²) in [5.74, 6) is -0.913. The topological polar surface area (TPSA) is 102 Å². The lowest BCUT2D eigenvalue weighted by molar-refractivity contribution is -0.152. The Morgan fingerprint density at radius 3 is 2.50 bits per heavy atom. The first-order chi connectivity index (χ1) is 15.3. The molecule has 1 N–H and O–H groups in total. The largest absolute Gasteiger partial charge is 0.452 e. The van der Waals surface area contributed by atoms with Crippen LogP contribution in [0.1, 0.15) is 12.5 Å². The van der Waals surface area contributed by atoms with E-state index in [1.807, 2.05) is 24.3 Å². The number of anilines is 1. The summed E-state index contributed by atoms with van der Waals surface area (Å²) >= 11 is 1.44. The summed E-state index contributed by atoms with van der Waals surface area (Å²) in [5.41, 5.74) is 1.52. The van der Waals surface area contributed by atoms with E-state index in [0.717, 1.165) is 10.5 Å². The fourth-order valence-corrected chi connectivity index (χ4v) is 6.10. The molecule has 0 bridgehead atoms. The van der Waals surface area contributed by atoms with E-state index in [9.17, 15) is 18.0 Å². The number of ether oxygens (including phenoxy) is 2. The highest BCUT2D eigenvalue weighted by atomic mass is 32.2. The van der Waals surface area contributed by atoms with Crippen LogP contribution >= 0.6 is 11.8 Å². The fourth-order valence-electron chi connectivity index (χ4n) is 3.51. The Morgan fingerprint density at radius 2 is 1.81 bits per heavy atom. The minimum Gasteiger partial charge on any atom is -0.452 e. The summed E-state index contributed by atoms with van der Waals surface area (Å²) in [6.45, 7) is 2.88. The average molecular weight is 477 g/mol.